The van der Waals surface area contributed by atoms with Crippen molar-refractivity contribution in [2.75, 3.05) is 19.6 Å². The highest BCUT2D eigenvalue weighted by Crippen LogP contribution is 2.10. The van der Waals surface area contributed by atoms with E-state index in [-0.39, 0.29) is 24.8 Å². The predicted molar refractivity (Wildman–Crippen MR) is 108 cm³/mol. The van der Waals surface area contributed by atoms with Crippen molar-refractivity contribution in [3.63, 3.8) is 0 Å². The zero-order chi connectivity index (χ0) is 19.6. The average Bonchev–Trinajstić information content (AvgIpc) is 2.53. The Balaban J connectivity index is 2.11. The van der Waals surface area contributed by atoms with Crippen LogP contribution >= 0.6 is 22.6 Å². The third-order valence-corrected chi connectivity index (χ3v) is 4.04. The molecule has 3 N–H and O–H groups in total. The molecule has 0 aliphatic carbocycles. The third-order valence-electron chi connectivity index (χ3n) is 3.10. The van der Waals surface area contributed by atoms with Gasteiger partial charge in [0, 0.05) is 29.6 Å². The first-order valence-electron chi connectivity index (χ1n) is 8.45. The smallest absolute Gasteiger partial charge is 0.407 e. The van der Waals surface area contributed by atoms with Crippen LogP contribution in [0.5, 0.6) is 0 Å². The Kier molecular flexibility index (Phi) is 9.39. The number of benzene rings is 1. The van der Waals surface area contributed by atoms with Crippen molar-refractivity contribution >= 4 is 40.5 Å². The van der Waals surface area contributed by atoms with E-state index < -0.39 is 11.7 Å². The molecule has 0 bridgehead atoms. The third kappa shape index (κ3) is 9.59. The highest BCUT2D eigenvalue weighted by molar-refractivity contribution is 14.1. The average molecular weight is 475 g/mol. The summed E-state index contributed by atoms with van der Waals surface area (Å²) in [7, 11) is 0. The fourth-order valence-electron chi connectivity index (χ4n) is 1.94. The maximum atomic E-state index is 12.0. The molecule has 0 saturated heterocycles. The lowest BCUT2D eigenvalue weighted by atomic mass is 10.2. The number of nitrogens with one attached hydrogen (secondary N) is 3. The molecule has 0 atom stereocenters. The first-order chi connectivity index (χ1) is 12.2. The number of hydrogen-bond donors (Lipinski definition) is 3. The minimum atomic E-state index is -0.561. The Morgan fingerprint density at radius 3 is 2.31 bits per heavy atom. The van der Waals surface area contributed by atoms with Crippen LogP contribution in [0.4, 0.5) is 4.79 Å². The van der Waals surface area contributed by atoms with Gasteiger partial charge in [-0.1, -0.05) is 12.1 Å². The molecule has 0 aliphatic heterocycles. The van der Waals surface area contributed by atoms with E-state index in [0.717, 1.165) is 3.57 Å². The Morgan fingerprint density at radius 2 is 1.65 bits per heavy atom. The lowest BCUT2D eigenvalue weighted by Crippen LogP contribution is -2.35. The molecule has 1 aromatic rings. The SMILES string of the molecule is CC(C)(C)OC(=O)NCCC(=O)NCCCNC(=O)c1ccccc1I. The molecule has 7 nitrogen and oxygen atoms in total. The predicted octanol–water partition coefficient (Wildman–Crippen LogP) is 2.44. The van der Waals surface area contributed by atoms with Crippen LogP contribution in [0.3, 0.4) is 0 Å². The normalized spacial score (nSPS) is 10.8. The van der Waals surface area contributed by atoms with E-state index in [4.69, 9.17) is 4.74 Å². The molecular formula is C18H26IN3O4. The van der Waals surface area contributed by atoms with Crippen LogP contribution < -0.4 is 16.0 Å². The van der Waals surface area contributed by atoms with Crippen LogP contribution in [0.15, 0.2) is 24.3 Å². The van der Waals surface area contributed by atoms with Gasteiger partial charge in [0.1, 0.15) is 5.60 Å². The van der Waals surface area contributed by atoms with Crippen LogP contribution in [0.1, 0.15) is 44.0 Å². The molecule has 1 rings (SSSR count). The number of ether oxygens (including phenoxy) is 1. The number of alkyl carbamates (subject to hydrolysis) is 1. The molecule has 8 heteroatoms. The molecule has 0 aliphatic rings. The minimum Gasteiger partial charge on any atom is -0.444 e. The van der Waals surface area contributed by atoms with Gasteiger partial charge in [-0.3, -0.25) is 9.59 Å². The maximum Gasteiger partial charge on any atom is 0.407 e. The zero-order valence-corrected chi connectivity index (χ0v) is 17.5. The molecule has 0 unspecified atom stereocenters. The van der Waals surface area contributed by atoms with Gasteiger partial charge in [-0.2, -0.15) is 0 Å². The summed E-state index contributed by atoms with van der Waals surface area (Å²) in [5.74, 6) is -0.284. The number of rotatable bonds is 8. The fraction of sp³-hybridized carbons (Fsp3) is 0.500. The second-order valence-electron chi connectivity index (χ2n) is 6.62. The largest absolute Gasteiger partial charge is 0.444 e. The Morgan fingerprint density at radius 1 is 1.00 bits per heavy atom. The summed E-state index contributed by atoms with van der Waals surface area (Å²) in [4.78, 5) is 35.1. The lowest BCUT2D eigenvalue weighted by molar-refractivity contribution is -0.120. The lowest BCUT2D eigenvalue weighted by Gasteiger charge is -2.19. The van der Waals surface area contributed by atoms with E-state index >= 15 is 0 Å². The Hall–Kier alpha value is -1.84. The number of carbonyl (C=O) groups excluding carboxylic acids is 3. The molecule has 0 radical (unpaired) electrons. The second kappa shape index (κ2) is 11.0. The highest BCUT2D eigenvalue weighted by Gasteiger charge is 2.15. The van der Waals surface area contributed by atoms with Gasteiger partial charge < -0.3 is 20.7 Å². The fourth-order valence-corrected chi connectivity index (χ4v) is 2.57. The van der Waals surface area contributed by atoms with Gasteiger partial charge in [-0.05, 0) is 61.9 Å². The van der Waals surface area contributed by atoms with Crippen molar-refractivity contribution in [2.45, 2.75) is 39.2 Å². The summed E-state index contributed by atoms with van der Waals surface area (Å²) >= 11 is 2.12. The van der Waals surface area contributed by atoms with Gasteiger partial charge >= 0.3 is 6.09 Å². The second-order valence-corrected chi connectivity index (χ2v) is 7.78. The van der Waals surface area contributed by atoms with Crippen LogP contribution in [0.2, 0.25) is 0 Å². The van der Waals surface area contributed by atoms with E-state index in [1.807, 2.05) is 18.2 Å². The summed E-state index contributed by atoms with van der Waals surface area (Å²) < 4.78 is 5.97. The van der Waals surface area contributed by atoms with Crippen molar-refractivity contribution in [3.8, 4) is 0 Å². The van der Waals surface area contributed by atoms with Crippen LogP contribution in [-0.4, -0.2) is 43.1 Å². The highest BCUT2D eigenvalue weighted by atomic mass is 127. The van der Waals surface area contributed by atoms with Crippen molar-refractivity contribution < 1.29 is 19.1 Å². The standard InChI is InChI=1S/C18H26IN3O4/c1-18(2,3)26-17(25)22-12-9-15(23)20-10-6-11-21-16(24)13-7-4-5-8-14(13)19/h4-5,7-8H,6,9-12H2,1-3H3,(H,20,23)(H,21,24)(H,22,25). The topological polar surface area (TPSA) is 96.5 Å². The number of amides is 3. The molecule has 0 heterocycles. The quantitative estimate of drug-likeness (QED) is 0.398. The first-order valence-corrected chi connectivity index (χ1v) is 9.53. The Labute approximate surface area is 167 Å². The van der Waals surface area contributed by atoms with E-state index in [9.17, 15) is 14.4 Å². The maximum absolute atomic E-state index is 12.0. The summed E-state index contributed by atoms with van der Waals surface area (Å²) in [5.41, 5.74) is 0.0829. The van der Waals surface area contributed by atoms with Crippen molar-refractivity contribution in [2.24, 2.45) is 0 Å². The van der Waals surface area contributed by atoms with Gasteiger partial charge in [-0.25, -0.2) is 4.79 Å². The summed E-state index contributed by atoms with van der Waals surface area (Å²) in [6, 6.07) is 7.35. The van der Waals surface area contributed by atoms with E-state index in [0.29, 0.717) is 25.1 Å². The van der Waals surface area contributed by atoms with Crippen LogP contribution in [0, 0.1) is 3.57 Å². The van der Waals surface area contributed by atoms with Crippen LogP contribution in [0.25, 0.3) is 0 Å². The van der Waals surface area contributed by atoms with Gasteiger partial charge in [0.15, 0.2) is 0 Å². The van der Waals surface area contributed by atoms with Crippen molar-refractivity contribution in [1.29, 1.82) is 0 Å². The van der Waals surface area contributed by atoms with E-state index in [2.05, 4.69) is 38.5 Å². The van der Waals surface area contributed by atoms with Gasteiger partial charge in [0.25, 0.3) is 5.91 Å². The molecule has 0 aromatic heterocycles. The van der Waals surface area contributed by atoms with Crippen molar-refractivity contribution in [1.82, 2.24) is 16.0 Å². The number of carbonyl (C=O) groups is 3. The molecule has 144 valence electrons. The molecule has 0 spiro atoms. The molecular weight excluding hydrogens is 449 g/mol. The van der Waals surface area contributed by atoms with E-state index in [1.54, 1.807) is 26.8 Å². The zero-order valence-electron chi connectivity index (χ0n) is 15.4. The number of hydrogen-bond acceptors (Lipinski definition) is 4. The first kappa shape index (κ1) is 22.2. The molecule has 0 saturated carbocycles. The molecule has 26 heavy (non-hydrogen) atoms. The summed E-state index contributed by atoms with van der Waals surface area (Å²) in [6.07, 6.45) is 0.261. The molecule has 1 aromatic carbocycles. The molecule has 0 fully saturated rings. The molecule has 3 amide bonds. The van der Waals surface area contributed by atoms with Gasteiger partial charge in [-0.15, -0.1) is 0 Å². The van der Waals surface area contributed by atoms with Crippen molar-refractivity contribution in [3.05, 3.63) is 33.4 Å². The number of halogens is 1. The Bertz CT molecular complexity index is 629. The van der Waals surface area contributed by atoms with Gasteiger partial charge in [0.2, 0.25) is 5.91 Å². The summed E-state index contributed by atoms with van der Waals surface area (Å²) in [6.45, 7) is 6.46. The minimum absolute atomic E-state index is 0.122. The summed E-state index contributed by atoms with van der Waals surface area (Å²) in [5, 5.41) is 8.10. The monoisotopic (exact) mass is 475 g/mol. The van der Waals surface area contributed by atoms with E-state index in [1.165, 1.54) is 0 Å². The van der Waals surface area contributed by atoms with Crippen LogP contribution in [-0.2, 0) is 9.53 Å². The van der Waals surface area contributed by atoms with Gasteiger partial charge in [0.05, 0.1) is 5.56 Å².